The molecule has 0 aliphatic carbocycles. The summed E-state index contributed by atoms with van der Waals surface area (Å²) in [7, 11) is 1.67. The molecule has 1 aliphatic rings. The molecule has 3 aromatic rings. The predicted molar refractivity (Wildman–Crippen MR) is 87.1 cm³/mol. The van der Waals surface area contributed by atoms with Crippen LogP contribution in [-0.4, -0.2) is 21.9 Å². The van der Waals surface area contributed by atoms with Crippen LogP contribution in [-0.2, 0) is 0 Å². The third-order valence-corrected chi connectivity index (χ3v) is 4.57. The number of hydrogen-bond acceptors (Lipinski definition) is 5. The van der Waals surface area contributed by atoms with Gasteiger partial charge in [-0.25, -0.2) is 4.68 Å². The molecule has 1 N–H and O–H groups in total. The quantitative estimate of drug-likeness (QED) is 0.805. The van der Waals surface area contributed by atoms with Gasteiger partial charge in [0, 0.05) is 16.1 Å². The molecule has 1 aromatic carbocycles. The molecule has 0 spiro atoms. The first-order chi connectivity index (χ1) is 10.8. The maximum atomic E-state index is 5.31. The first-order valence-electron chi connectivity index (χ1n) is 6.91. The summed E-state index contributed by atoms with van der Waals surface area (Å²) in [5, 5.41) is 9.75. The van der Waals surface area contributed by atoms with Crippen molar-refractivity contribution in [1.29, 1.82) is 0 Å². The van der Waals surface area contributed by atoms with Crippen molar-refractivity contribution in [3.63, 3.8) is 0 Å². The molecule has 6 heteroatoms. The van der Waals surface area contributed by atoms with Crippen LogP contribution in [0.5, 0.6) is 5.75 Å². The van der Waals surface area contributed by atoms with Crippen molar-refractivity contribution in [3.05, 3.63) is 64.6 Å². The number of allylic oxidation sites excluding steroid dienone is 1. The summed E-state index contributed by atoms with van der Waals surface area (Å²) >= 11 is 1.72. The lowest BCUT2D eigenvalue weighted by atomic mass is 10.1. The third-order valence-electron chi connectivity index (χ3n) is 3.62. The van der Waals surface area contributed by atoms with Gasteiger partial charge >= 0.3 is 0 Å². The summed E-state index contributed by atoms with van der Waals surface area (Å²) in [6.45, 7) is 0. The average Bonchev–Trinajstić information content (AvgIpc) is 3.25. The molecule has 1 unspecified atom stereocenters. The molecule has 2 aromatic heterocycles. The van der Waals surface area contributed by atoms with Crippen molar-refractivity contribution in [3.8, 4) is 5.75 Å². The molecular formula is C16H14N4OS. The van der Waals surface area contributed by atoms with Gasteiger partial charge < -0.3 is 10.1 Å². The zero-order valence-electron chi connectivity index (χ0n) is 11.9. The zero-order valence-corrected chi connectivity index (χ0v) is 12.7. The van der Waals surface area contributed by atoms with Crippen molar-refractivity contribution in [2.24, 2.45) is 0 Å². The Bertz CT molecular complexity index is 822. The molecule has 0 fully saturated rings. The molecule has 1 atom stereocenters. The van der Waals surface area contributed by atoms with Crippen LogP contribution in [0.15, 0.2) is 54.2 Å². The average molecular weight is 310 g/mol. The number of nitrogens with zero attached hydrogens (tertiary/aromatic N) is 3. The van der Waals surface area contributed by atoms with Gasteiger partial charge in [0.15, 0.2) is 0 Å². The second-order valence-electron chi connectivity index (χ2n) is 4.93. The van der Waals surface area contributed by atoms with Gasteiger partial charge in [0.05, 0.1) is 7.11 Å². The molecule has 110 valence electrons. The normalized spacial score (nSPS) is 16.6. The maximum Gasteiger partial charge on any atom is 0.226 e. The van der Waals surface area contributed by atoms with Gasteiger partial charge in [-0.3, -0.25) is 0 Å². The molecule has 0 amide bonds. The van der Waals surface area contributed by atoms with Crippen LogP contribution in [0.4, 0.5) is 5.95 Å². The largest absolute Gasteiger partial charge is 0.497 e. The fraction of sp³-hybridized carbons (Fsp3) is 0.125. The molecule has 0 radical (unpaired) electrons. The Morgan fingerprint density at radius 2 is 2.23 bits per heavy atom. The van der Waals surface area contributed by atoms with Gasteiger partial charge in [-0.2, -0.15) is 10.1 Å². The Balaban J connectivity index is 1.80. The Labute approximate surface area is 131 Å². The molecule has 5 nitrogen and oxygen atoms in total. The van der Waals surface area contributed by atoms with Crippen LogP contribution < -0.4 is 10.1 Å². The van der Waals surface area contributed by atoms with E-state index in [9.17, 15) is 0 Å². The van der Waals surface area contributed by atoms with E-state index in [1.54, 1.807) is 24.8 Å². The number of thiophene rings is 1. The highest BCUT2D eigenvalue weighted by Crippen LogP contribution is 2.34. The fourth-order valence-corrected chi connectivity index (χ4v) is 3.33. The van der Waals surface area contributed by atoms with E-state index < -0.39 is 0 Å². The number of nitrogens with one attached hydrogen (secondary N) is 1. The Hall–Kier alpha value is -2.60. The summed E-state index contributed by atoms with van der Waals surface area (Å²) in [4.78, 5) is 5.54. The van der Waals surface area contributed by atoms with Crippen LogP contribution in [0.3, 0.4) is 0 Å². The number of methoxy groups -OCH3 is 1. The summed E-state index contributed by atoms with van der Waals surface area (Å²) < 4.78 is 7.21. The molecule has 4 rings (SSSR count). The maximum absolute atomic E-state index is 5.31. The fourth-order valence-electron chi connectivity index (χ4n) is 2.55. The Morgan fingerprint density at radius 3 is 3.05 bits per heavy atom. The lowest BCUT2D eigenvalue weighted by molar-refractivity contribution is 0.414. The van der Waals surface area contributed by atoms with Crippen molar-refractivity contribution in [2.45, 2.75) is 6.04 Å². The zero-order chi connectivity index (χ0) is 14.9. The third kappa shape index (κ3) is 2.17. The molecule has 0 saturated heterocycles. The predicted octanol–water partition coefficient (Wildman–Crippen LogP) is 3.40. The molecule has 22 heavy (non-hydrogen) atoms. The molecule has 1 aliphatic heterocycles. The number of hydrogen-bond donors (Lipinski definition) is 1. The first kappa shape index (κ1) is 13.1. The highest BCUT2D eigenvalue weighted by molar-refractivity contribution is 7.10. The first-order valence-corrected chi connectivity index (χ1v) is 7.79. The van der Waals surface area contributed by atoms with Gasteiger partial charge in [0.25, 0.3) is 0 Å². The smallest absolute Gasteiger partial charge is 0.226 e. The van der Waals surface area contributed by atoms with E-state index in [0.717, 1.165) is 23.0 Å². The number of rotatable bonds is 3. The molecule has 3 heterocycles. The Morgan fingerprint density at radius 1 is 1.27 bits per heavy atom. The van der Waals surface area contributed by atoms with Gasteiger partial charge in [0.2, 0.25) is 5.95 Å². The van der Waals surface area contributed by atoms with Crippen LogP contribution >= 0.6 is 11.3 Å². The minimum atomic E-state index is 0.0555. The number of ether oxygens (including phenoxy) is 1. The summed E-state index contributed by atoms with van der Waals surface area (Å²) in [5.41, 5.74) is 2.08. The molecule has 0 bridgehead atoms. The number of anilines is 1. The van der Waals surface area contributed by atoms with Crippen LogP contribution in [0.2, 0.25) is 0 Å². The van der Waals surface area contributed by atoms with Gasteiger partial charge in [-0.05, 0) is 29.7 Å². The summed E-state index contributed by atoms with van der Waals surface area (Å²) in [6.07, 6.45) is 3.74. The van der Waals surface area contributed by atoms with E-state index in [1.165, 1.54) is 4.88 Å². The number of benzene rings is 1. The molecular weight excluding hydrogens is 296 g/mol. The molecule has 0 saturated carbocycles. The summed E-state index contributed by atoms with van der Waals surface area (Å²) in [5.74, 6) is 1.58. The van der Waals surface area contributed by atoms with E-state index in [1.807, 2.05) is 22.9 Å². The second kappa shape index (κ2) is 5.31. The minimum absolute atomic E-state index is 0.0555. The number of aromatic nitrogens is 3. The topological polar surface area (TPSA) is 52.0 Å². The second-order valence-corrected chi connectivity index (χ2v) is 5.91. The standard InChI is InChI=1S/C16H14N4OS/c1-21-12-5-2-4-11(8-12)13-9-14(15-6-3-7-22-15)20-16(19-13)17-10-18-20/h2-10,14H,1H3,(H,17,18,19). The van der Waals surface area contributed by atoms with Gasteiger partial charge in [-0.15, -0.1) is 11.3 Å². The van der Waals surface area contributed by atoms with E-state index >= 15 is 0 Å². The summed E-state index contributed by atoms with van der Waals surface area (Å²) in [6, 6.07) is 12.2. The monoisotopic (exact) mass is 310 g/mol. The van der Waals surface area contributed by atoms with Crippen molar-refractivity contribution in [2.75, 3.05) is 12.4 Å². The highest BCUT2D eigenvalue weighted by Gasteiger charge is 2.24. The van der Waals surface area contributed by atoms with Crippen molar-refractivity contribution in [1.82, 2.24) is 14.8 Å². The van der Waals surface area contributed by atoms with E-state index in [2.05, 4.69) is 45.1 Å². The lowest BCUT2D eigenvalue weighted by Crippen LogP contribution is -2.19. The van der Waals surface area contributed by atoms with Crippen molar-refractivity contribution < 1.29 is 4.74 Å². The highest BCUT2D eigenvalue weighted by atomic mass is 32.1. The van der Waals surface area contributed by atoms with Crippen molar-refractivity contribution >= 4 is 23.0 Å². The van der Waals surface area contributed by atoms with Gasteiger partial charge in [-0.1, -0.05) is 18.2 Å². The van der Waals surface area contributed by atoms with Gasteiger partial charge in [0.1, 0.15) is 18.1 Å². The van der Waals surface area contributed by atoms with E-state index in [0.29, 0.717) is 0 Å². The van der Waals surface area contributed by atoms with E-state index in [-0.39, 0.29) is 6.04 Å². The SMILES string of the molecule is COc1cccc(C2=CC(c3cccs3)n3ncnc3N2)c1. The van der Waals surface area contributed by atoms with Crippen LogP contribution in [0, 0.1) is 0 Å². The Kier molecular flexibility index (Phi) is 3.16. The minimum Gasteiger partial charge on any atom is -0.497 e. The van der Waals surface area contributed by atoms with Crippen LogP contribution in [0.25, 0.3) is 5.70 Å². The van der Waals surface area contributed by atoms with Crippen LogP contribution in [0.1, 0.15) is 16.5 Å². The lowest BCUT2D eigenvalue weighted by Gasteiger charge is -2.23. The van der Waals surface area contributed by atoms with E-state index in [4.69, 9.17) is 4.74 Å². The number of fused-ring (bicyclic) bond motifs is 1.